The van der Waals surface area contributed by atoms with Gasteiger partial charge in [0.05, 0.1) is 11.6 Å². The van der Waals surface area contributed by atoms with E-state index in [1.165, 1.54) is 17.5 Å². The Bertz CT molecular complexity index is 914. The van der Waals surface area contributed by atoms with Crippen molar-refractivity contribution in [2.24, 2.45) is 0 Å². The van der Waals surface area contributed by atoms with Crippen LogP contribution in [0.4, 0.5) is 0 Å². The standard InChI is InChI=1S/C19H17N3O/c23-19(18-15-7-3-4-8-16(15)20-21-18)22-11-12-9-10-17(22)14-6-2-1-5-13(12)14/h1-8,12,17H,9-11H2,(H,20,21)/t12-,17-/m0/s1. The van der Waals surface area contributed by atoms with E-state index >= 15 is 0 Å². The molecule has 0 unspecified atom stereocenters. The second-order valence-corrected chi connectivity index (χ2v) is 6.49. The molecule has 1 N–H and O–H groups in total. The van der Waals surface area contributed by atoms with E-state index in [0.717, 1.165) is 23.9 Å². The summed E-state index contributed by atoms with van der Waals surface area (Å²) in [5, 5.41) is 8.18. The molecule has 0 radical (unpaired) electrons. The minimum atomic E-state index is 0.0478. The van der Waals surface area contributed by atoms with Gasteiger partial charge < -0.3 is 4.90 Å². The topological polar surface area (TPSA) is 49.0 Å². The average Bonchev–Trinajstić information content (AvgIpc) is 3.06. The van der Waals surface area contributed by atoms with Crippen molar-refractivity contribution in [1.29, 1.82) is 0 Å². The third-order valence-electron chi connectivity index (χ3n) is 5.31. The number of nitrogens with one attached hydrogen (secondary N) is 1. The van der Waals surface area contributed by atoms with Gasteiger partial charge in [-0.2, -0.15) is 5.10 Å². The van der Waals surface area contributed by atoms with E-state index in [1.54, 1.807) is 0 Å². The molecule has 1 aliphatic carbocycles. The summed E-state index contributed by atoms with van der Waals surface area (Å²) in [6.07, 6.45) is 2.22. The van der Waals surface area contributed by atoms with Crippen LogP contribution in [0.15, 0.2) is 48.5 Å². The molecule has 4 nitrogen and oxygen atoms in total. The maximum atomic E-state index is 13.1. The number of aromatic amines is 1. The molecule has 2 bridgehead atoms. The molecule has 1 aromatic heterocycles. The molecule has 2 aliphatic heterocycles. The van der Waals surface area contributed by atoms with Crippen LogP contribution in [-0.4, -0.2) is 27.5 Å². The molecule has 1 fully saturated rings. The summed E-state index contributed by atoms with van der Waals surface area (Å²) < 4.78 is 0. The monoisotopic (exact) mass is 303 g/mol. The van der Waals surface area contributed by atoms with Crippen molar-refractivity contribution in [2.45, 2.75) is 24.8 Å². The van der Waals surface area contributed by atoms with Crippen molar-refractivity contribution in [2.75, 3.05) is 6.54 Å². The molecule has 23 heavy (non-hydrogen) atoms. The quantitative estimate of drug-likeness (QED) is 0.746. The number of hydrogen-bond donors (Lipinski definition) is 1. The first-order valence-electron chi connectivity index (χ1n) is 8.16. The Balaban J connectivity index is 1.57. The zero-order valence-corrected chi connectivity index (χ0v) is 12.7. The first kappa shape index (κ1) is 12.9. The SMILES string of the molecule is O=C(c1n[nH]c2ccccc12)N1C[C@@H]2CC[C@H]1c1ccccc12. The number of para-hydroxylation sites is 1. The number of amides is 1. The summed E-state index contributed by atoms with van der Waals surface area (Å²) in [6.45, 7) is 0.807. The van der Waals surface area contributed by atoms with Crippen molar-refractivity contribution in [3.8, 4) is 0 Å². The van der Waals surface area contributed by atoms with Gasteiger partial charge in [-0.15, -0.1) is 0 Å². The minimum absolute atomic E-state index is 0.0478. The number of rotatable bonds is 1. The Labute approximate surface area is 134 Å². The van der Waals surface area contributed by atoms with Gasteiger partial charge in [0.15, 0.2) is 5.69 Å². The molecule has 3 heterocycles. The van der Waals surface area contributed by atoms with Crippen LogP contribution < -0.4 is 0 Å². The lowest BCUT2D eigenvalue weighted by molar-refractivity contribution is 0.0537. The predicted octanol–water partition coefficient (Wildman–Crippen LogP) is 3.64. The van der Waals surface area contributed by atoms with E-state index < -0.39 is 0 Å². The molecule has 3 aliphatic rings. The van der Waals surface area contributed by atoms with E-state index in [2.05, 4.69) is 34.5 Å². The third-order valence-corrected chi connectivity index (χ3v) is 5.31. The zero-order valence-electron chi connectivity index (χ0n) is 12.7. The molecule has 4 heteroatoms. The molecule has 3 aromatic rings. The number of piperidine rings is 1. The first-order valence-corrected chi connectivity index (χ1v) is 8.16. The number of benzene rings is 2. The van der Waals surface area contributed by atoms with Gasteiger partial charge in [0.25, 0.3) is 5.91 Å². The van der Waals surface area contributed by atoms with Crippen LogP contribution in [0.2, 0.25) is 0 Å². The maximum absolute atomic E-state index is 13.1. The Morgan fingerprint density at radius 1 is 1.04 bits per heavy atom. The molecular formula is C19H17N3O. The van der Waals surface area contributed by atoms with Gasteiger partial charge >= 0.3 is 0 Å². The summed E-state index contributed by atoms with van der Waals surface area (Å²) in [6, 6.07) is 16.6. The number of carbonyl (C=O) groups excluding carboxylic acids is 1. The fraction of sp³-hybridized carbons (Fsp3) is 0.263. The van der Waals surface area contributed by atoms with Crippen LogP contribution in [0.1, 0.15) is 46.4 Å². The zero-order chi connectivity index (χ0) is 15.4. The van der Waals surface area contributed by atoms with Gasteiger partial charge in [0, 0.05) is 17.8 Å². The molecule has 0 spiro atoms. The average molecular weight is 303 g/mol. The van der Waals surface area contributed by atoms with Crippen molar-refractivity contribution < 1.29 is 4.79 Å². The lowest BCUT2D eigenvalue weighted by atomic mass is 9.75. The van der Waals surface area contributed by atoms with Crippen molar-refractivity contribution in [3.05, 3.63) is 65.4 Å². The second-order valence-electron chi connectivity index (χ2n) is 6.49. The van der Waals surface area contributed by atoms with Crippen molar-refractivity contribution in [3.63, 3.8) is 0 Å². The third kappa shape index (κ3) is 1.78. The highest BCUT2D eigenvalue weighted by molar-refractivity contribution is 6.04. The van der Waals surface area contributed by atoms with Crippen LogP contribution in [0, 0.1) is 0 Å². The summed E-state index contributed by atoms with van der Waals surface area (Å²) >= 11 is 0. The number of fused-ring (bicyclic) bond motifs is 3. The number of hydrogen-bond acceptors (Lipinski definition) is 2. The molecule has 1 amide bonds. The van der Waals surface area contributed by atoms with Gasteiger partial charge in [-0.05, 0) is 30.0 Å². The van der Waals surface area contributed by atoms with Gasteiger partial charge in [-0.25, -0.2) is 0 Å². The van der Waals surface area contributed by atoms with Crippen LogP contribution >= 0.6 is 0 Å². The highest BCUT2D eigenvalue weighted by atomic mass is 16.2. The van der Waals surface area contributed by atoms with E-state index in [0.29, 0.717) is 11.6 Å². The molecule has 0 saturated carbocycles. The summed E-state index contributed by atoms with van der Waals surface area (Å²) in [5.74, 6) is 0.511. The van der Waals surface area contributed by atoms with Crippen molar-refractivity contribution in [1.82, 2.24) is 15.1 Å². The largest absolute Gasteiger partial charge is 0.330 e. The number of nitrogens with zero attached hydrogens (tertiary/aromatic N) is 2. The van der Waals surface area contributed by atoms with Crippen LogP contribution in [0.25, 0.3) is 10.9 Å². The highest BCUT2D eigenvalue weighted by Gasteiger charge is 2.41. The first-order chi connectivity index (χ1) is 11.3. The molecule has 2 aromatic carbocycles. The summed E-state index contributed by atoms with van der Waals surface area (Å²) in [7, 11) is 0. The summed E-state index contributed by atoms with van der Waals surface area (Å²) in [5.41, 5.74) is 4.21. The minimum Gasteiger partial charge on any atom is -0.330 e. The Morgan fingerprint density at radius 3 is 2.74 bits per heavy atom. The van der Waals surface area contributed by atoms with Gasteiger partial charge in [0.1, 0.15) is 0 Å². The molecular weight excluding hydrogens is 286 g/mol. The lowest BCUT2D eigenvalue weighted by Gasteiger charge is -2.46. The molecule has 2 atom stereocenters. The Hall–Kier alpha value is -2.62. The predicted molar refractivity (Wildman–Crippen MR) is 88.3 cm³/mol. The normalized spacial score (nSPS) is 22.3. The number of carbonyl (C=O) groups is 1. The fourth-order valence-corrected chi connectivity index (χ4v) is 4.22. The van der Waals surface area contributed by atoms with E-state index in [4.69, 9.17) is 0 Å². The van der Waals surface area contributed by atoms with Crippen LogP contribution in [0.3, 0.4) is 0 Å². The second kappa shape index (κ2) is 4.69. The van der Waals surface area contributed by atoms with Gasteiger partial charge in [-0.1, -0.05) is 42.5 Å². The van der Waals surface area contributed by atoms with Crippen molar-refractivity contribution >= 4 is 16.8 Å². The number of aromatic nitrogens is 2. The smallest absolute Gasteiger partial charge is 0.275 e. The lowest BCUT2D eigenvalue weighted by Crippen LogP contribution is -2.45. The van der Waals surface area contributed by atoms with Gasteiger partial charge in [-0.3, -0.25) is 9.89 Å². The van der Waals surface area contributed by atoms with E-state index in [1.807, 2.05) is 29.2 Å². The van der Waals surface area contributed by atoms with E-state index in [-0.39, 0.29) is 11.9 Å². The number of H-pyrrole nitrogens is 1. The van der Waals surface area contributed by atoms with Gasteiger partial charge in [0.2, 0.25) is 0 Å². The Morgan fingerprint density at radius 2 is 1.83 bits per heavy atom. The Kier molecular flexibility index (Phi) is 2.62. The fourth-order valence-electron chi connectivity index (χ4n) is 4.22. The molecule has 6 rings (SSSR count). The van der Waals surface area contributed by atoms with E-state index in [9.17, 15) is 4.79 Å². The summed E-state index contributed by atoms with van der Waals surface area (Å²) in [4.78, 5) is 15.1. The van der Waals surface area contributed by atoms with Crippen LogP contribution in [-0.2, 0) is 0 Å². The van der Waals surface area contributed by atoms with Crippen LogP contribution in [0.5, 0.6) is 0 Å². The molecule has 1 saturated heterocycles. The molecule has 114 valence electrons. The maximum Gasteiger partial charge on any atom is 0.275 e. The highest BCUT2D eigenvalue weighted by Crippen LogP contribution is 2.47.